The molecule has 0 unspecified atom stereocenters. The van der Waals surface area contributed by atoms with Crippen molar-refractivity contribution in [3.05, 3.63) is 29.5 Å². The molecule has 0 radical (unpaired) electrons. The topological polar surface area (TPSA) is 58.3 Å². The van der Waals surface area contributed by atoms with Crippen LogP contribution in [0.2, 0.25) is 0 Å². The summed E-state index contributed by atoms with van der Waals surface area (Å²) >= 11 is 0. The predicted molar refractivity (Wildman–Crippen MR) is 62.4 cm³/mol. The summed E-state index contributed by atoms with van der Waals surface area (Å²) in [6, 6.07) is 4.23. The number of alkyl halides is 3. The van der Waals surface area contributed by atoms with Crippen LogP contribution in [0.5, 0.6) is 0 Å². The normalized spacial score (nSPS) is 12.3. The zero-order valence-electron chi connectivity index (χ0n) is 9.98. The van der Waals surface area contributed by atoms with Crippen molar-refractivity contribution in [1.82, 2.24) is 9.78 Å². The van der Waals surface area contributed by atoms with Crippen molar-refractivity contribution in [2.45, 2.75) is 25.7 Å². The molecule has 1 heterocycles. The van der Waals surface area contributed by atoms with Crippen molar-refractivity contribution < 1.29 is 23.4 Å². The molecule has 1 aromatic carbocycles. The third-order valence-corrected chi connectivity index (χ3v) is 2.80. The van der Waals surface area contributed by atoms with Crippen LogP contribution >= 0.6 is 0 Å². The van der Waals surface area contributed by atoms with Crippen molar-refractivity contribution in [2.24, 2.45) is 0 Å². The molecule has 0 aliphatic heterocycles. The molecule has 7 heteroatoms. The van der Waals surface area contributed by atoms with Crippen LogP contribution < -0.4 is 0 Å². The van der Waals surface area contributed by atoms with Gasteiger partial charge in [0.05, 0.1) is 12.1 Å². The lowest BCUT2D eigenvalue weighted by Gasteiger charge is -2.02. The SMILES string of the molecule is OCCCn1nc(C(F)(F)F)c2ccc(CO)cc21. The molecule has 1 aromatic heterocycles. The van der Waals surface area contributed by atoms with Gasteiger partial charge >= 0.3 is 6.18 Å². The van der Waals surface area contributed by atoms with Crippen LogP contribution in [-0.2, 0) is 19.3 Å². The van der Waals surface area contributed by atoms with Gasteiger partial charge in [0.15, 0.2) is 5.69 Å². The highest BCUT2D eigenvalue weighted by molar-refractivity contribution is 5.83. The van der Waals surface area contributed by atoms with E-state index < -0.39 is 11.9 Å². The number of hydrogen-bond donors (Lipinski definition) is 2. The molecule has 2 rings (SSSR count). The van der Waals surface area contributed by atoms with Crippen LogP contribution in [0, 0.1) is 0 Å². The number of benzene rings is 1. The van der Waals surface area contributed by atoms with Gasteiger partial charge in [0.1, 0.15) is 0 Å². The van der Waals surface area contributed by atoms with E-state index in [0.717, 1.165) is 0 Å². The van der Waals surface area contributed by atoms with Crippen LogP contribution in [0.1, 0.15) is 17.7 Å². The Balaban J connectivity index is 2.59. The van der Waals surface area contributed by atoms with E-state index in [1.165, 1.54) is 22.9 Å². The summed E-state index contributed by atoms with van der Waals surface area (Å²) in [6.07, 6.45) is -4.21. The minimum absolute atomic E-state index is 0.00244. The van der Waals surface area contributed by atoms with Crippen LogP contribution in [-0.4, -0.2) is 26.6 Å². The number of halogens is 3. The lowest BCUT2D eigenvalue weighted by Crippen LogP contribution is -2.08. The molecule has 0 atom stereocenters. The fourth-order valence-corrected chi connectivity index (χ4v) is 1.92. The van der Waals surface area contributed by atoms with Crippen LogP contribution in [0.25, 0.3) is 10.9 Å². The summed E-state index contributed by atoms with van der Waals surface area (Å²) < 4.78 is 39.8. The van der Waals surface area contributed by atoms with Gasteiger partial charge < -0.3 is 10.2 Å². The minimum atomic E-state index is -4.52. The summed E-state index contributed by atoms with van der Waals surface area (Å²) in [7, 11) is 0. The first kappa shape index (κ1) is 13.8. The average molecular weight is 274 g/mol. The highest BCUT2D eigenvalue weighted by atomic mass is 19.4. The van der Waals surface area contributed by atoms with Crippen LogP contribution in [0.4, 0.5) is 13.2 Å². The lowest BCUT2D eigenvalue weighted by atomic mass is 10.1. The fraction of sp³-hybridized carbons (Fsp3) is 0.417. The highest BCUT2D eigenvalue weighted by Gasteiger charge is 2.36. The molecule has 0 aliphatic carbocycles. The Hall–Kier alpha value is -1.60. The Morgan fingerprint density at radius 3 is 2.53 bits per heavy atom. The van der Waals surface area contributed by atoms with E-state index in [1.54, 1.807) is 0 Å². The molecule has 0 saturated carbocycles. The maximum Gasteiger partial charge on any atom is 0.435 e. The second-order valence-corrected chi connectivity index (χ2v) is 4.16. The van der Waals surface area contributed by atoms with Crippen molar-refractivity contribution in [2.75, 3.05) is 6.61 Å². The highest BCUT2D eigenvalue weighted by Crippen LogP contribution is 2.34. The van der Waals surface area contributed by atoms with Gasteiger partial charge in [0.25, 0.3) is 0 Å². The molecular formula is C12H13F3N2O2. The molecule has 0 amide bonds. The number of rotatable bonds is 4. The second-order valence-electron chi connectivity index (χ2n) is 4.16. The Morgan fingerprint density at radius 1 is 1.21 bits per heavy atom. The van der Waals surface area contributed by atoms with Gasteiger partial charge in [-0.2, -0.15) is 18.3 Å². The molecule has 0 spiro atoms. The largest absolute Gasteiger partial charge is 0.435 e. The van der Waals surface area contributed by atoms with Gasteiger partial charge in [-0.25, -0.2) is 0 Å². The van der Waals surface area contributed by atoms with Gasteiger partial charge in [-0.1, -0.05) is 12.1 Å². The van der Waals surface area contributed by atoms with Crippen molar-refractivity contribution in [3.8, 4) is 0 Å². The fourth-order valence-electron chi connectivity index (χ4n) is 1.92. The average Bonchev–Trinajstić information content (AvgIpc) is 2.74. The second kappa shape index (κ2) is 5.18. The Kier molecular flexibility index (Phi) is 3.77. The van der Waals surface area contributed by atoms with E-state index in [4.69, 9.17) is 10.2 Å². The third-order valence-electron chi connectivity index (χ3n) is 2.80. The molecule has 0 aliphatic rings. The first-order valence-electron chi connectivity index (χ1n) is 5.75. The Bertz CT molecular complexity index is 578. The Morgan fingerprint density at radius 2 is 1.95 bits per heavy atom. The zero-order chi connectivity index (χ0) is 14.0. The smallest absolute Gasteiger partial charge is 0.396 e. The molecular weight excluding hydrogens is 261 g/mol. The van der Waals surface area contributed by atoms with Crippen molar-refractivity contribution in [3.63, 3.8) is 0 Å². The summed E-state index contributed by atoms with van der Waals surface area (Å²) in [5, 5.41) is 21.4. The first-order valence-corrected chi connectivity index (χ1v) is 5.75. The molecule has 2 aromatic rings. The standard InChI is InChI=1S/C12H13F3N2O2/c13-12(14,15)11-9-3-2-8(7-19)6-10(9)17(16-11)4-1-5-18/h2-3,6,18-19H,1,4-5,7H2. The van der Waals surface area contributed by atoms with E-state index >= 15 is 0 Å². The quantitative estimate of drug-likeness (QED) is 0.895. The number of nitrogens with zero attached hydrogens (tertiary/aromatic N) is 2. The number of aryl methyl sites for hydroxylation is 1. The molecule has 0 saturated heterocycles. The van der Waals surface area contributed by atoms with E-state index in [2.05, 4.69) is 5.10 Å². The molecule has 104 valence electrons. The maximum atomic E-state index is 12.9. The third kappa shape index (κ3) is 2.71. The molecule has 0 bridgehead atoms. The minimum Gasteiger partial charge on any atom is -0.396 e. The first-order chi connectivity index (χ1) is 8.97. The summed E-state index contributed by atoms with van der Waals surface area (Å²) in [4.78, 5) is 0. The van der Waals surface area contributed by atoms with Gasteiger partial charge in [-0.3, -0.25) is 4.68 Å². The van der Waals surface area contributed by atoms with Gasteiger partial charge in [-0.15, -0.1) is 0 Å². The maximum absolute atomic E-state index is 12.9. The van der Waals surface area contributed by atoms with Crippen LogP contribution in [0.15, 0.2) is 18.2 Å². The van der Waals surface area contributed by atoms with E-state index in [9.17, 15) is 13.2 Å². The molecule has 2 N–H and O–H groups in total. The predicted octanol–water partition coefficient (Wildman–Crippen LogP) is 1.93. The number of fused-ring (bicyclic) bond motifs is 1. The lowest BCUT2D eigenvalue weighted by molar-refractivity contribution is -0.140. The monoisotopic (exact) mass is 274 g/mol. The van der Waals surface area contributed by atoms with E-state index in [1.807, 2.05) is 0 Å². The molecule has 4 nitrogen and oxygen atoms in total. The number of hydrogen-bond acceptors (Lipinski definition) is 3. The molecule has 0 fully saturated rings. The van der Waals surface area contributed by atoms with Crippen molar-refractivity contribution in [1.29, 1.82) is 0 Å². The summed E-state index contributed by atoms with van der Waals surface area (Å²) in [5.41, 5.74) is -0.108. The zero-order valence-corrected chi connectivity index (χ0v) is 9.98. The summed E-state index contributed by atoms with van der Waals surface area (Å²) in [6.45, 7) is -0.178. The van der Waals surface area contributed by atoms with E-state index in [0.29, 0.717) is 17.5 Å². The van der Waals surface area contributed by atoms with Gasteiger partial charge in [-0.05, 0) is 18.1 Å². The number of aliphatic hydroxyl groups is 2. The summed E-state index contributed by atoms with van der Waals surface area (Å²) in [5.74, 6) is 0. The van der Waals surface area contributed by atoms with Crippen molar-refractivity contribution >= 4 is 10.9 Å². The van der Waals surface area contributed by atoms with Crippen LogP contribution in [0.3, 0.4) is 0 Å². The number of aromatic nitrogens is 2. The van der Waals surface area contributed by atoms with Gasteiger partial charge in [0.2, 0.25) is 0 Å². The Labute approximate surface area is 107 Å². The molecule has 19 heavy (non-hydrogen) atoms. The van der Waals surface area contributed by atoms with Gasteiger partial charge in [0, 0.05) is 18.5 Å². The number of aliphatic hydroxyl groups excluding tert-OH is 2. The van der Waals surface area contributed by atoms with E-state index in [-0.39, 0.29) is 25.1 Å².